The van der Waals surface area contributed by atoms with Gasteiger partial charge in [0.1, 0.15) is 0 Å². The van der Waals surface area contributed by atoms with Gasteiger partial charge in [-0.15, -0.1) is 11.8 Å². The molecule has 120 valence electrons. The smallest absolute Gasteiger partial charge is 0.252 e. The molecule has 0 spiro atoms. The lowest BCUT2D eigenvalue weighted by molar-refractivity contribution is 0.0948. The molecule has 1 amide bonds. The third-order valence-corrected chi connectivity index (χ3v) is 4.93. The van der Waals surface area contributed by atoms with Gasteiger partial charge in [0.15, 0.2) is 0 Å². The summed E-state index contributed by atoms with van der Waals surface area (Å²) >= 11 is 1.72. The van der Waals surface area contributed by atoms with Crippen molar-refractivity contribution < 1.29 is 4.79 Å². The van der Waals surface area contributed by atoms with E-state index < -0.39 is 0 Å². The average Bonchev–Trinajstić information content (AvgIpc) is 3.00. The van der Waals surface area contributed by atoms with E-state index in [1.54, 1.807) is 11.8 Å². The van der Waals surface area contributed by atoms with Crippen LogP contribution in [0.4, 0.5) is 0 Å². The highest BCUT2D eigenvalue weighted by Crippen LogP contribution is 2.26. The molecule has 1 aliphatic rings. The standard InChI is InChI=1S/C19H22N2OS/c1-13(2)23-18-6-4-3-5-17(18)19(22)21-10-14-7-8-15-11-20-12-16(15)9-14/h3-9,13,20H,10-12H2,1-2H3,(H,21,22). The predicted octanol–water partition coefficient (Wildman–Crippen LogP) is 3.72. The molecule has 0 radical (unpaired) electrons. The van der Waals surface area contributed by atoms with Crippen LogP contribution in [0.2, 0.25) is 0 Å². The summed E-state index contributed by atoms with van der Waals surface area (Å²) < 4.78 is 0. The molecule has 0 bridgehead atoms. The van der Waals surface area contributed by atoms with Crippen molar-refractivity contribution in [3.05, 3.63) is 64.7 Å². The number of nitrogens with one attached hydrogen (secondary N) is 2. The van der Waals surface area contributed by atoms with Crippen molar-refractivity contribution in [2.45, 2.75) is 43.6 Å². The summed E-state index contributed by atoms with van der Waals surface area (Å²) in [6, 6.07) is 14.2. The second-order valence-corrected chi connectivity index (χ2v) is 7.67. The fourth-order valence-corrected chi connectivity index (χ4v) is 3.70. The van der Waals surface area contributed by atoms with Crippen molar-refractivity contribution in [1.82, 2.24) is 10.6 Å². The Morgan fingerprint density at radius 3 is 2.78 bits per heavy atom. The van der Waals surface area contributed by atoms with Gasteiger partial charge in [-0.3, -0.25) is 4.79 Å². The Balaban J connectivity index is 1.68. The molecule has 0 saturated carbocycles. The molecule has 4 heteroatoms. The maximum Gasteiger partial charge on any atom is 0.252 e. The van der Waals surface area contributed by atoms with Crippen molar-refractivity contribution in [2.24, 2.45) is 0 Å². The average molecular weight is 326 g/mol. The quantitative estimate of drug-likeness (QED) is 0.823. The molecule has 23 heavy (non-hydrogen) atoms. The number of thioether (sulfide) groups is 1. The van der Waals surface area contributed by atoms with Crippen LogP contribution in [0.5, 0.6) is 0 Å². The lowest BCUT2D eigenvalue weighted by Crippen LogP contribution is -2.23. The van der Waals surface area contributed by atoms with E-state index in [0.717, 1.165) is 29.1 Å². The zero-order chi connectivity index (χ0) is 16.2. The lowest BCUT2D eigenvalue weighted by Gasteiger charge is -2.12. The van der Waals surface area contributed by atoms with Crippen LogP contribution in [0.1, 0.15) is 40.9 Å². The van der Waals surface area contributed by atoms with Crippen LogP contribution in [-0.2, 0) is 19.6 Å². The molecule has 1 aliphatic heterocycles. The van der Waals surface area contributed by atoms with Crippen LogP contribution < -0.4 is 10.6 Å². The highest BCUT2D eigenvalue weighted by Gasteiger charge is 2.13. The van der Waals surface area contributed by atoms with Crippen LogP contribution in [0.25, 0.3) is 0 Å². The maximum absolute atomic E-state index is 12.5. The number of amides is 1. The van der Waals surface area contributed by atoms with E-state index in [2.05, 4.69) is 42.7 Å². The number of hydrogen-bond donors (Lipinski definition) is 2. The van der Waals surface area contributed by atoms with Crippen molar-refractivity contribution in [3.63, 3.8) is 0 Å². The fraction of sp³-hybridized carbons (Fsp3) is 0.316. The Labute approximate surface area is 141 Å². The molecule has 2 aromatic rings. The number of carbonyl (C=O) groups excluding carboxylic acids is 1. The Morgan fingerprint density at radius 2 is 1.96 bits per heavy atom. The first-order valence-corrected chi connectivity index (χ1v) is 8.87. The SMILES string of the molecule is CC(C)Sc1ccccc1C(=O)NCc1ccc2c(c1)CNC2. The highest BCUT2D eigenvalue weighted by atomic mass is 32.2. The summed E-state index contributed by atoms with van der Waals surface area (Å²) in [4.78, 5) is 13.6. The molecule has 0 saturated heterocycles. The van der Waals surface area contributed by atoms with E-state index >= 15 is 0 Å². The second-order valence-electron chi connectivity index (χ2n) is 6.05. The van der Waals surface area contributed by atoms with E-state index in [1.165, 1.54) is 11.1 Å². The number of fused-ring (bicyclic) bond motifs is 1. The largest absolute Gasteiger partial charge is 0.348 e. The zero-order valence-corrected chi connectivity index (χ0v) is 14.4. The van der Waals surface area contributed by atoms with Gasteiger partial charge in [-0.05, 0) is 28.8 Å². The summed E-state index contributed by atoms with van der Waals surface area (Å²) in [5.74, 6) is -0.00706. The topological polar surface area (TPSA) is 41.1 Å². The molecule has 0 atom stereocenters. The number of benzene rings is 2. The van der Waals surface area contributed by atoms with Crippen LogP contribution in [0.3, 0.4) is 0 Å². The first-order chi connectivity index (χ1) is 11.1. The minimum Gasteiger partial charge on any atom is -0.348 e. The molecule has 2 N–H and O–H groups in total. The van der Waals surface area contributed by atoms with Crippen LogP contribution in [0, 0.1) is 0 Å². The first-order valence-electron chi connectivity index (χ1n) is 7.99. The van der Waals surface area contributed by atoms with Crippen LogP contribution in [-0.4, -0.2) is 11.2 Å². The molecule has 1 heterocycles. The van der Waals surface area contributed by atoms with Crippen LogP contribution in [0.15, 0.2) is 47.4 Å². The van der Waals surface area contributed by atoms with Gasteiger partial charge < -0.3 is 10.6 Å². The molecule has 0 aliphatic carbocycles. The molecule has 0 aromatic heterocycles. The third kappa shape index (κ3) is 3.95. The van der Waals surface area contributed by atoms with E-state index in [0.29, 0.717) is 11.8 Å². The molecule has 0 fully saturated rings. The number of rotatable bonds is 5. The van der Waals surface area contributed by atoms with Gasteiger partial charge in [0, 0.05) is 29.8 Å². The van der Waals surface area contributed by atoms with Gasteiger partial charge in [0.05, 0.1) is 5.56 Å². The summed E-state index contributed by atoms with van der Waals surface area (Å²) in [7, 11) is 0. The van der Waals surface area contributed by atoms with Gasteiger partial charge in [0.25, 0.3) is 5.91 Å². The van der Waals surface area contributed by atoms with E-state index in [4.69, 9.17) is 0 Å². The summed E-state index contributed by atoms with van der Waals surface area (Å²) in [6.45, 7) is 6.70. The van der Waals surface area contributed by atoms with Crippen molar-refractivity contribution >= 4 is 17.7 Å². The molecule has 2 aromatic carbocycles. The van der Waals surface area contributed by atoms with E-state index in [-0.39, 0.29) is 5.91 Å². The molecular weight excluding hydrogens is 304 g/mol. The third-order valence-electron chi connectivity index (χ3n) is 3.85. The summed E-state index contributed by atoms with van der Waals surface area (Å²) in [5.41, 5.74) is 4.61. The Bertz CT molecular complexity index is 712. The zero-order valence-electron chi connectivity index (χ0n) is 13.6. The van der Waals surface area contributed by atoms with Gasteiger partial charge in [-0.2, -0.15) is 0 Å². The Kier molecular flexibility index (Phi) is 5.03. The summed E-state index contributed by atoms with van der Waals surface area (Å²) in [6.07, 6.45) is 0. The number of hydrogen-bond acceptors (Lipinski definition) is 3. The minimum atomic E-state index is -0.00706. The molecule has 3 rings (SSSR count). The summed E-state index contributed by atoms with van der Waals surface area (Å²) in [5, 5.41) is 6.84. The Hall–Kier alpha value is -1.78. The van der Waals surface area contributed by atoms with Gasteiger partial charge in [0.2, 0.25) is 0 Å². The van der Waals surface area contributed by atoms with Crippen molar-refractivity contribution in [1.29, 1.82) is 0 Å². The fourth-order valence-electron chi connectivity index (χ4n) is 2.75. The van der Waals surface area contributed by atoms with Gasteiger partial charge in [-0.25, -0.2) is 0 Å². The van der Waals surface area contributed by atoms with Gasteiger partial charge in [-0.1, -0.05) is 44.2 Å². The molecule has 0 unspecified atom stereocenters. The van der Waals surface area contributed by atoms with Crippen molar-refractivity contribution in [3.8, 4) is 0 Å². The maximum atomic E-state index is 12.5. The predicted molar refractivity (Wildman–Crippen MR) is 95.6 cm³/mol. The minimum absolute atomic E-state index is 0.00706. The normalized spacial score (nSPS) is 13.2. The van der Waals surface area contributed by atoms with Gasteiger partial charge >= 0.3 is 0 Å². The monoisotopic (exact) mass is 326 g/mol. The van der Waals surface area contributed by atoms with E-state index in [1.807, 2.05) is 24.3 Å². The lowest BCUT2D eigenvalue weighted by atomic mass is 10.1. The van der Waals surface area contributed by atoms with Crippen LogP contribution >= 0.6 is 11.8 Å². The Morgan fingerprint density at radius 1 is 1.17 bits per heavy atom. The highest BCUT2D eigenvalue weighted by molar-refractivity contribution is 8.00. The van der Waals surface area contributed by atoms with E-state index in [9.17, 15) is 4.79 Å². The number of carbonyl (C=O) groups is 1. The van der Waals surface area contributed by atoms with Crippen molar-refractivity contribution in [2.75, 3.05) is 0 Å². The first kappa shape index (κ1) is 16.1. The second kappa shape index (κ2) is 7.20. The molecular formula is C19H22N2OS. The molecule has 3 nitrogen and oxygen atoms in total.